The molecule has 0 N–H and O–H groups in total. The van der Waals surface area contributed by atoms with Crippen LogP contribution in [0.4, 0.5) is 0 Å². The Bertz CT molecular complexity index is 860. The highest BCUT2D eigenvalue weighted by molar-refractivity contribution is 5.90. The second-order valence-electron chi connectivity index (χ2n) is 6.57. The number of hydrogen-bond donors (Lipinski definition) is 0. The summed E-state index contributed by atoms with van der Waals surface area (Å²) >= 11 is 0. The second-order valence-corrected chi connectivity index (χ2v) is 6.57. The van der Waals surface area contributed by atoms with Gasteiger partial charge in [-0.2, -0.15) is 0 Å². The highest BCUT2D eigenvalue weighted by atomic mass is 16.5. The van der Waals surface area contributed by atoms with Gasteiger partial charge in [0.15, 0.2) is 18.1 Å². The second kappa shape index (κ2) is 10.5. The summed E-state index contributed by atoms with van der Waals surface area (Å²) in [5.41, 5.74) is 1.17. The van der Waals surface area contributed by atoms with Crippen LogP contribution in [0.2, 0.25) is 0 Å². The third-order valence-corrected chi connectivity index (χ3v) is 4.64. The van der Waals surface area contributed by atoms with Crippen molar-refractivity contribution in [2.75, 3.05) is 47.1 Å². The number of benzene rings is 2. The molecule has 2 aromatic carbocycles. The highest BCUT2D eigenvalue weighted by Gasteiger charge is 2.19. The van der Waals surface area contributed by atoms with E-state index < -0.39 is 5.97 Å². The van der Waals surface area contributed by atoms with Crippen molar-refractivity contribution in [1.82, 2.24) is 4.90 Å². The lowest BCUT2D eigenvalue weighted by molar-refractivity contribution is -0.137. The number of amides is 1. The molecule has 1 saturated heterocycles. The van der Waals surface area contributed by atoms with E-state index in [4.69, 9.17) is 23.7 Å². The third-order valence-electron chi connectivity index (χ3n) is 4.64. The van der Waals surface area contributed by atoms with E-state index in [1.165, 1.54) is 13.2 Å². The summed E-state index contributed by atoms with van der Waals surface area (Å²) < 4.78 is 26.6. The van der Waals surface area contributed by atoms with Crippen molar-refractivity contribution in [3.8, 4) is 17.2 Å². The molecule has 0 aromatic heterocycles. The van der Waals surface area contributed by atoms with Crippen LogP contribution in [-0.2, 0) is 20.9 Å². The topological polar surface area (TPSA) is 83.5 Å². The van der Waals surface area contributed by atoms with Crippen LogP contribution in [0.3, 0.4) is 0 Å². The van der Waals surface area contributed by atoms with Crippen LogP contribution < -0.4 is 14.2 Å². The summed E-state index contributed by atoms with van der Waals surface area (Å²) in [5, 5.41) is 0. The first-order valence-corrected chi connectivity index (χ1v) is 9.57. The van der Waals surface area contributed by atoms with E-state index in [9.17, 15) is 9.59 Å². The van der Waals surface area contributed by atoms with Crippen molar-refractivity contribution >= 4 is 11.9 Å². The minimum Gasteiger partial charge on any atom is -0.497 e. The number of carbonyl (C=O) groups excluding carboxylic acids is 2. The molecule has 8 nitrogen and oxygen atoms in total. The van der Waals surface area contributed by atoms with Crippen molar-refractivity contribution in [1.29, 1.82) is 0 Å². The van der Waals surface area contributed by atoms with E-state index in [1.54, 1.807) is 36.3 Å². The fourth-order valence-corrected chi connectivity index (χ4v) is 2.91. The van der Waals surface area contributed by atoms with Crippen molar-refractivity contribution in [3.05, 3.63) is 53.6 Å². The van der Waals surface area contributed by atoms with E-state index in [1.807, 2.05) is 12.1 Å². The van der Waals surface area contributed by atoms with Gasteiger partial charge in [-0.15, -0.1) is 0 Å². The summed E-state index contributed by atoms with van der Waals surface area (Å²) in [6.45, 7) is 2.19. The summed E-state index contributed by atoms with van der Waals surface area (Å²) in [5.74, 6) is 0.857. The molecule has 1 aliphatic heterocycles. The molecule has 1 fully saturated rings. The van der Waals surface area contributed by atoms with Gasteiger partial charge in [-0.3, -0.25) is 4.79 Å². The van der Waals surface area contributed by atoms with Crippen LogP contribution in [0.1, 0.15) is 15.9 Å². The monoisotopic (exact) mass is 415 g/mol. The van der Waals surface area contributed by atoms with Gasteiger partial charge in [-0.25, -0.2) is 4.79 Å². The van der Waals surface area contributed by atoms with Gasteiger partial charge in [-0.1, -0.05) is 12.1 Å². The Kier molecular flexibility index (Phi) is 7.51. The van der Waals surface area contributed by atoms with Gasteiger partial charge in [0.05, 0.1) is 33.0 Å². The van der Waals surface area contributed by atoms with E-state index >= 15 is 0 Å². The van der Waals surface area contributed by atoms with E-state index in [0.717, 1.165) is 11.3 Å². The van der Waals surface area contributed by atoms with E-state index in [2.05, 4.69) is 0 Å². The Morgan fingerprint density at radius 1 is 0.967 bits per heavy atom. The molecule has 1 heterocycles. The fraction of sp³-hybridized carbons (Fsp3) is 0.364. The molecule has 0 unspecified atom stereocenters. The van der Waals surface area contributed by atoms with Gasteiger partial charge in [-0.05, 0) is 35.9 Å². The minimum absolute atomic E-state index is 0.113. The molecule has 0 aliphatic carbocycles. The first kappa shape index (κ1) is 21.4. The molecule has 0 radical (unpaired) electrons. The van der Waals surface area contributed by atoms with Crippen LogP contribution in [0.5, 0.6) is 17.2 Å². The number of carbonyl (C=O) groups is 2. The molecule has 0 atom stereocenters. The number of esters is 1. The van der Waals surface area contributed by atoms with Gasteiger partial charge >= 0.3 is 5.97 Å². The highest BCUT2D eigenvalue weighted by Crippen LogP contribution is 2.28. The lowest BCUT2D eigenvalue weighted by Gasteiger charge is -2.26. The number of morpholine rings is 1. The number of nitrogens with zero attached hydrogens (tertiary/aromatic N) is 1. The van der Waals surface area contributed by atoms with Crippen LogP contribution in [0.15, 0.2) is 42.5 Å². The standard InChI is InChI=1S/C22H25NO7/c1-26-18-6-3-16(4-7-18)14-30-22(25)17-5-8-19(20(13-17)27-2)29-15-21(24)23-9-11-28-12-10-23/h3-8,13H,9-12,14-15H2,1-2H3. The summed E-state index contributed by atoms with van der Waals surface area (Å²) in [4.78, 5) is 26.3. The van der Waals surface area contributed by atoms with Crippen LogP contribution in [0.25, 0.3) is 0 Å². The normalized spacial score (nSPS) is 13.5. The lowest BCUT2D eigenvalue weighted by Crippen LogP contribution is -2.43. The molecule has 2 aromatic rings. The summed E-state index contributed by atoms with van der Waals surface area (Å²) in [6.07, 6.45) is 0. The Morgan fingerprint density at radius 2 is 1.70 bits per heavy atom. The fourth-order valence-electron chi connectivity index (χ4n) is 2.91. The molecule has 0 bridgehead atoms. The molecule has 1 aliphatic rings. The zero-order valence-electron chi connectivity index (χ0n) is 17.1. The van der Waals surface area contributed by atoms with Gasteiger partial charge in [0.2, 0.25) is 0 Å². The van der Waals surface area contributed by atoms with Gasteiger partial charge in [0, 0.05) is 13.1 Å². The lowest BCUT2D eigenvalue weighted by atomic mass is 10.2. The van der Waals surface area contributed by atoms with Crippen LogP contribution in [0, 0.1) is 0 Å². The van der Waals surface area contributed by atoms with Gasteiger partial charge < -0.3 is 28.6 Å². The first-order valence-electron chi connectivity index (χ1n) is 9.57. The molecule has 0 spiro atoms. The smallest absolute Gasteiger partial charge is 0.338 e. The first-order chi connectivity index (χ1) is 14.6. The Labute approximate surface area is 175 Å². The zero-order chi connectivity index (χ0) is 21.3. The average molecular weight is 415 g/mol. The van der Waals surface area contributed by atoms with Crippen molar-refractivity contribution in [2.24, 2.45) is 0 Å². The van der Waals surface area contributed by atoms with E-state index in [0.29, 0.717) is 43.4 Å². The Hall–Kier alpha value is -3.26. The molecular weight excluding hydrogens is 390 g/mol. The number of ether oxygens (including phenoxy) is 5. The molecular formula is C22H25NO7. The van der Waals surface area contributed by atoms with E-state index in [-0.39, 0.29) is 19.1 Å². The average Bonchev–Trinajstić information content (AvgIpc) is 2.81. The Balaban J connectivity index is 1.56. The largest absolute Gasteiger partial charge is 0.497 e. The quantitative estimate of drug-likeness (QED) is 0.612. The predicted molar refractivity (Wildman–Crippen MR) is 108 cm³/mol. The summed E-state index contributed by atoms with van der Waals surface area (Å²) in [6, 6.07) is 12.0. The SMILES string of the molecule is COc1ccc(COC(=O)c2ccc(OCC(=O)N3CCOCC3)c(OC)c2)cc1. The number of hydrogen-bond acceptors (Lipinski definition) is 7. The predicted octanol–water partition coefficient (Wildman–Crippen LogP) is 2.30. The zero-order valence-corrected chi connectivity index (χ0v) is 17.1. The minimum atomic E-state index is -0.486. The van der Waals surface area contributed by atoms with Crippen molar-refractivity contribution in [2.45, 2.75) is 6.61 Å². The van der Waals surface area contributed by atoms with Gasteiger partial charge in [0.25, 0.3) is 5.91 Å². The number of rotatable bonds is 8. The maximum atomic E-state index is 12.4. The third kappa shape index (κ3) is 5.64. The maximum Gasteiger partial charge on any atom is 0.338 e. The molecule has 3 rings (SSSR count). The summed E-state index contributed by atoms with van der Waals surface area (Å²) in [7, 11) is 3.06. The molecule has 0 saturated carbocycles. The molecule has 8 heteroatoms. The Morgan fingerprint density at radius 3 is 2.37 bits per heavy atom. The molecule has 1 amide bonds. The molecule has 160 valence electrons. The van der Waals surface area contributed by atoms with Crippen molar-refractivity contribution < 1.29 is 33.3 Å². The van der Waals surface area contributed by atoms with Crippen molar-refractivity contribution in [3.63, 3.8) is 0 Å². The maximum absolute atomic E-state index is 12.4. The van der Waals surface area contributed by atoms with Crippen LogP contribution >= 0.6 is 0 Å². The van der Waals surface area contributed by atoms with Gasteiger partial charge in [0.1, 0.15) is 12.4 Å². The van der Waals surface area contributed by atoms with Crippen LogP contribution in [-0.4, -0.2) is 63.9 Å². The molecule has 30 heavy (non-hydrogen) atoms. The number of methoxy groups -OCH3 is 2.